The maximum absolute atomic E-state index is 12.7. The van der Waals surface area contributed by atoms with Crippen LogP contribution in [0.1, 0.15) is 10.4 Å². The van der Waals surface area contributed by atoms with Crippen LogP contribution in [0.25, 0.3) is 10.4 Å². The summed E-state index contributed by atoms with van der Waals surface area (Å²) in [6.45, 7) is 0. The second-order valence-electron chi connectivity index (χ2n) is 5.93. The molecule has 156 valence electrons. The Morgan fingerprint density at radius 3 is 2.37 bits per heavy atom. The summed E-state index contributed by atoms with van der Waals surface area (Å²) in [5, 5.41) is 13.2. The Hall–Kier alpha value is -3.57. The molecule has 0 atom stereocenters. The Morgan fingerprint density at radius 2 is 1.77 bits per heavy atom. The molecule has 0 saturated heterocycles. The Bertz CT molecular complexity index is 1160. The van der Waals surface area contributed by atoms with Crippen LogP contribution in [0, 0.1) is 0 Å². The topological polar surface area (TPSA) is 134 Å². The fourth-order valence-electron chi connectivity index (χ4n) is 2.55. The summed E-state index contributed by atoms with van der Waals surface area (Å²) in [6.07, 6.45) is -1.73. The zero-order valence-electron chi connectivity index (χ0n) is 15.6. The number of hydrogen-bond donors (Lipinski definition) is 4. The normalized spacial score (nSPS) is 10.8. The molecule has 0 unspecified atom stereocenters. The lowest BCUT2D eigenvalue weighted by Gasteiger charge is -2.15. The van der Waals surface area contributed by atoms with Crippen LogP contribution in [0.4, 0.5) is 16.2 Å². The third kappa shape index (κ3) is 5.27. The minimum Gasteiger partial charge on any atom is -0.497 e. The number of carbonyl (C=O) groups is 2. The molecule has 0 saturated carbocycles. The molecule has 4 N–H and O–H groups in total. The van der Waals surface area contributed by atoms with Crippen molar-refractivity contribution in [3.05, 3.63) is 65.5 Å². The second-order valence-corrected chi connectivity index (χ2v) is 8.30. The number of amides is 2. The third-order valence-electron chi connectivity index (χ3n) is 3.89. The molecule has 2 aromatic carbocycles. The molecular weight excluding hydrogens is 430 g/mol. The van der Waals surface area contributed by atoms with Gasteiger partial charge in [0.1, 0.15) is 5.75 Å². The van der Waals surface area contributed by atoms with Gasteiger partial charge in [0.25, 0.3) is 5.91 Å². The van der Waals surface area contributed by atoms with E-state index in [1.807, 2.05) is 17.5 Å². The summed E-state index contributed by atoms with van der Waals surface area (Å²) in [4.78, 5) is 24.3. The molecule has 11 heteroatoms. The fraction of sp³-hybridized carbons (Fsp3) is 0.0526. The molecule has 2 amide bonds. The SMILES string of the molecule is COc1ccc(C(=O)Nc2cc(-c3cccs3)ccc2NS(=O)(=O)NC(=O)O)cc1. The first kappa shape index (κ1) is 21.1. The maximum atomic E-state index is 12.7. The van der Waals surface area contributed by atoms with Crippen molar-refractivity contribution in [1.82, 2.24) is 4.72 Å². The molecule has 1 aromatic heterocycles. The second kappa shape index (κ2) is 8.84. The number of benzene rings is 2. The molecule has 3 aromatic rings. The van der Waals surface area contributed by atoms with E-state index in [1.54, 1.807) is 36.4 Å². The summed E-state index contributed by atoms with van der Waals surface area (Å²) in [5.74, 6) is 0.104. The molecule has 0 spiro atoms. The average molecular weight is 447 g/mol. The van der Waals surface area contributed by atoms with Gasteiger partial charge in [0.15, 0.2) is 0 Å². The lowest BCUT2D eigenvalue weighted by Crippen LogP contribution is -2.34. The highest BCUT2D eigenvalue weighted by Gasteiger charge is 2.18. The highest BCUT2D eigenvalue weighted by molar-refractivity contribution is 7.91. The average Bonchev–Trinajstić information content (AvgIpc) is 3.23. The van der Waals surface area contributed by atoms with E-state index in [-0.39, 0.29) is 11.4 Å². The summed E-state index contributed by atoms with van der Waals surface area (Å²) in [7, 11) is -2.89. The van der Waals surface area contributed by atoms with Crippen molar-refractivity contribution >= 4 is 44.9 Å². The number of methoxy groups -OCH3 is 1. The molecule has 0 fully saturated rings. The molecule has 0 aliphatic carbocycles. The van der Waals surface area contributed by atoms with Gasteiger partial charge in [0, 0.05) is 10.4 Å². The Kier molecular flexibility index (Phi) is 6.23. The minimum atomic E-state index is -4.40. The third-order valence-corrected chi connectivity index (χ3v) is 5.74. The quantitative estimate of drug-likeness (QED) is 0.437. The summed E-state index contributed by atoms with van der Waals surface area (Å²) in [6, 6.07) is 14.8. The van der Waals surface area contributed by atoms with Gasteiger partial charge in [0.05, 0.1) is 18.5 Å². The number of thiophene rings is 1. The predicted octanol–water partition coefficient (Wildman–Crippen LogP) is 3.60. The number of nitrogens with one attached hydrogen (secondary N) is 3. The van der Waals surface area contributed by atoms with Crippen molar-refractivity contribution in [2.75, 3.05) is 17.1 Å². The highest BCUT2D eigenvalue weighted by atomic mass is 32.2. The summed E-state index contributed by atoms with van der Waals surface area (Å²) >= 11 is 1.48. The standard InChI is InChI=1S/C19H17N3O6S2/c1-28-14-7-4-12(5-8-14)18(23)20-16-11-13(17-3-2-10-29-17)6-9-15(16)21-30(26,27)22-19(24)25/h2-11,21-22H,1H3,(H,20,23)(H,24,25). The van der Waals surface area contributed by atoms with Gasteiger partial charge >= 0.3 is 16.3 Å². The van der Waals surface area contributed by atoms with Crippen molar-refractivity contribution in [2.45, 2.75) is 0 Å². The van der Waals surface area contributed by atoms with Crippen LogP contribution in [-0.2, 0) is 10.2 Å². The first-order valence-electron chi connectivity index (χ1n) is 8.44. The van der Waals surface area contributed by atoms with Gasteiger partial charge in [-0.2, -0.15) is 8.42 Å². The maximum Gasteiger partial charge on any atom is 0.419 e. The zero-order chi connectivity index (χ0) is 21.7. The first-order chi connectivity index (χ1) is 14.3. The molecule has 3 rings (SSSR count). The van der Waals surface area contributed by atoms with E-state index in [4.69, 9.17) is 9.84 Å². The van der Waals surface area contributed by atoms with Crippen LogP contribution in [-0.4, -0.2) is 32.6 Å². The van der Waals surface area contributed by atoms with E-state index in [0.29, 0.717) is 11.3 Å². The van der Waals surface area contributed by atoms with Crippen molar-refractivity contribution < 1.29 is 27.9 Å². The highest BCUT2D eigenvalue weighted by Crippen LogP contribution is 2.32. The molecule has 9 nitrogen and oxygen atoms in total. The van der Waals surface area contributed by atoms with Crippen LogP contribution in [0.15, 0.2) is 60.0 Å². The van der Waals surface area contributed by atoms with Crippen molar-refractivity contribution in [3.8, 4) is 16.2 Å². The smallest absolute Gasteiger partial charge is 0.419 e. The Labute approximate surface area is 176 Å². The Balaban J connectivity index is 1.94. The summed E-state index contributed by atoms with van der Waals surface area (Å²) in [5.41, 5.74) is 1.25. The van der Waals surface area contributed by atoms with E-state index in [0.717, 1.165) is 10.4 Å². The Morgan fingerprint density at radius 1 is 1.03 bits per heavy atom. The number of anilines is 2. The van der Waals surface area contributed by atoms with Crippen molar-refractivity contribution in [1.29, 1.82) is 0 Å². The molecule has 30 heavy (non-hydrogen) atoms. The van der Waals surface area contributed by atoms with E-state index < -0.39 is 22.2 Å². The van der Waals surface area contributed by atoms with Gasteiger partial charge in [-0.25, -0.2) is 9.52 Å². The van der Waals surface area contributed by atoms with E-state index in [1.165, 1.54) is 29.2 Å². The monoisotopic (exact) mass is 447 g/mol. The minimum absolute atomic E-state index is 0.00548. The number of hydrogen-bond acceptors (Lipinski definition) is 6. The molecule has 1 heterocycles. The number of carboxylic acid groups (broad SMARTS) is 1. The van der Waals surface area contributed by atoms with Crippen LogP contribution < -0.4 is 19.5 Å². The van der Waals surface area contributed by atoms with Crippen molar-refractivity contribution in [3.63, 3.8) is 0 Å². The van der Waals surface area contributed by atoms with Gasteiger partial charge in [-0.15, -0.1) is 11.3 Å². The van der Waals surface area contributed by atoms with E-state index >= 15 is 0 Å². The van der Waals surface area contributed by atoms with Gasteiger partial charge in [-0.3, -0.25) is 9.52 Å². The molecule has 0 aliphatic heterocycles. The number of rotatable bonds is 7. The van der Waals surface area contributed by atoms with Crippen LogP contribution in [0.5, 0.6) is 5.75 Å². The van der Waals surface area contributed by atoms with Crippen LogP contribution >= 0.6 is 11.3 Å². The fourth-order valence-corrected chi connectivity index (χ4v) is 4.03. The van der Waals surface area contributed by atoms with Gasteiger partial charge < -0.3 is 15.2 Å². The lowest BCUT2D eigenvalue weighted by atomic mass is 10.1. The lowest BCUT2D eigenvalue weighted by molar-refractivity contribution is 0.102. The predicted molar refractivity (Wildman–Crippen MR) is 114 cm³/mol. The van der Waals surface area contributed by atoms with Gasteiger partial charge in [-0.05, 0) is 53.4 Å². The molecule has 0 aliphatic rings. The molecular formula is C19H17N3O6S2. The van der Waals surface area contributed by atoms with E-state index in [9.17, 15) is 18.0 Å². The zero-order valence-corrected chi connectivity index (χ0v) is 17.2. The number of ether oxygens (including phenoxy) is 1. The van der Waals surface area contributed by atoms with Gasteiger partial charge in [-0.1, -0.05) is 12.1 Å². The van der Waals surface area contributed by atoms with Crippen LogP contribution in [0.3, 0.4) is 0 Å². The summed E-state index contributed by atoms with van der Waals surface area (Å²) < 4.78 is 32.5. The van der Waals surface area contributed by atoms with Gasteiger partial charge in [0.2, 0.25) is 0 Å². The van der Waals surface area contributed by atoms with Crippen molar-refractivity contribution in [2.24, 2.45) is 0 Å². The molecule has 0 radical (unpaired) electrons. The largest absolute Gasteiger partial charge is 0.497 e. The first-order valence-corrected chi connectivity index (χ1v) is 10.8. The van der Waals surface area contributed by atoms with E-state index in [2.05, 4.69) is 10.0 Å². The molecule has 0 bridgehead atoms. The number of carbonyl (C=O) groups excluding carboxylic acids is 1. The van der Waals surface area contributed by atoms with Crippen LogP contribution in [0.2, 0.25) is 0 Å².